The van der Waals surface area contributed by atoms with Gasteiger partial charge in [-0.1, -0.05) is 90.5 Å². The third kappa shape index (κ3) is 4.90. The Bertz CT molecular complexity index is 2640. The molecule has 0 aliphatic heterocycles. The van der Waals surface area contributed by atoms with Crippen molar-refractivity contribution in [3.05, 3.63) is 167 Å². The lowest BCUT2D eigenvalue weighted by atomic mass is 9.92. The van der Waals surface area contributed by atoms with E-state index in [2.05, 4.69) is 181 Å². The molecule has 0 aliphatic carbocycles. The minimum atomic E-state index is 1.18. The highest BCUT2D eigenvalue weighted by Crippen LogP contribution is 2.54. The maximum Gasteiger partial charge on any atom is 0.1000 e. The van der Waals surface area contributed by atoms with Gasteiger partial charge in [0.2, 0.25) is 0 Å². The normalized spacial score (nSPS) is 11.6. The second-order valence-electron chi connectivity index (χ2n) is 12.8. The third-order valence-electron chi connectivity index (χ3n) is 9.74. The molecule has 9 rings (SSSR count). The molecule has 236 valence electrons. The summed E-state index contributed by atoms with van der Waals surface area (Å²) >= 11 is 3.56. The Balaban J connectivity index is 1.48. The first-order chi connectivity index (χ1) is 24.1. The van der Waals surface area contributed by atoms with Crippen molar-refractivity contribution in [1.29, 1.82) is 0 Å². The van der Waals surface area contributed by atoms with Crippen molar-refractivity contribution in [3.63, 3.8) is 0 Å². The van der Waals surface area contributed by atoms with E-state index in [0.29, 0.717) is 0 Å². The molecule has 0 fully saturated rings. The number of benzene rings is 7. The van der Waals surface area contributed by atoms with Crippen LogP contribution in [0.4, 0.5) is 32.8 Å². The lowest BCUT2D eigenvalue weighted by Gasteiger charge is -2.33. The number of rotatable bonds is 6. The fourth-order valence-corrected chi connectivity index (χ4v) is 8.84. The maximum absolute atomic E-state index is 2.52. The fourth-order valence-electron chi connectivity index (χ4n) is 7.34. The summed E-state index contributed by atoms with van der Waals surface area (Å²) in [5.74, 6) is 0. The van der Waals surface area contributed by atoms with Gasteiger partial charge in [0, 0.05) is 32.3 Å². The minimum Gasteiger partial charge on any atom is -0.300 e. The zero-order chi connectivity index (χ0) is 33.1. The SMILES string of the molecule is Cc1ccc2c(N(c3cccs3)c3cccc4ccccc34)c3cc(C)c(C)cc3c(N(c3cccs3)c3cccc4ccccc34)c2c1. The molecule has 4 heteroatoms. The van der Waals surface area contributed by atoms with Gasteiger partial charge < -0.3 is 9.80 Å². The number of fused-ring (bicyclic) bond motifs is 4. The first-order valence-corrected chi connectivity index (χ1v) is 18.4. The zero-order valence-corrected chi connectivity index (χ0v) is 29.3. The Labute approximate surface area is 294 Å². The van der Waals surface area contributed by atoms with Gasteiger partial charge in [0.15, 0.2) is 0 Å². The van der Waals surface area contributed by atoms with Gasteiger partial charge in [0.05, 0.1) is 32.8 Å². The summed E-state index contributed by atoms with van der Waals surface area (Å²) in [5.41, 5.74) is 8.58. The van der Waals surface area contributed by atoms with Crippen LogP contribution in [0.15, 0.2) is 150 Å². The van der Waals surface area contributed by atoms with Crippen molar-refractivity contribution in [2.24, 2.45) is 0 Å². The van der Waals surface area contributed by atoms with Crippen LogP contribution in [-0.2, 0) is 0 Å². The van der Waals surface area contributed by atoms with E-state index in [-0.39, 0.29) is 0 Å². The summed E-state index contributed by atoms with van der Waals surface area (Å²) in [7, 11) is 0. The Kier molecular flexibility index (Phi) is 7.23. The maximum atomic E-state index is 2.52. The highest BCUT2D eigenvalue weighted by molar-refractivity contribution is 7.14. The van der Waals surface area contributed by atoms with Gasteiger partial charge in [-0.2, -0.15) is 0 Å². The van der Waals surface area contributed by atoms with E-state index in [1.165, 1.54) is 92.5 Å². The highest BCUT2D eigenvalue weighted by Gasteiger charge is 2.28. The van der Waals surface area contributed by atoms with Crippen LogP contribution in [0, 0.1) is 20.8 Å². The monoisotopic (exact) mass is 666 g/mol. The molecular weight excluding hydrogens is 633 g/mol. The molecule has 0 atom stereocenters. The summed E-state index contributed by atoms with van der Waals surface area (Å²) < 4.78 is 0. The summed E-state index contributed by atoms with van der Waals surface area (Å²) in [6, 6.07) is 51.5. The van der Waals surface area contributed by atoms with Crippen LogP contribution in [0.3, 0.4) is 0 Å². The number of hydrogen-bond donors (Lipinski definition) is 0. The predicted molar refractivity (Wildman–Crippen MR) is 216 cm³/mol. The van der Waals surface area contributed by atoms with Crippen LogP contribution < -0.4 is 9.80 Å². The van der Waals surface area contributed by atoms with E-state index >= 15 is 0 Å². The largest absolute Gasteiger partial charge is 0.300 e. The van der Waals surface area contributed by atoms with E-state index in [4.69, 9.17) is 0 Å². The quantitative estimate of drug-likeness (QED) is 0.129. The number of thiophene rings is 2. The first kappa shape index (κ1) is 29.7. The number of nitrogens with zero attached hydrogens (tertiary/aromatic N) is 2. The molecule has 0 radical (unpaired) electrons. The third-order valence-corrected chi connectivity index (χ3v) is 11.5. The predicted octanol–water partition coefficient (Wildman–Crippen LogP) is 14.3. The molecule has 2 nitrogen and oxygen atoms in total. The second kappa shape index (κ2) is 11.9. The van der Waals surface area contributed by atoms with Gasteiger partial charge in [-0.25, -0.2) is 0 Å². The van der Waals surface area contributed by atoms with Crippen molar-refractivity contribution in [1.82, 2.24) is 0 Å². The summed E-state index contributed by atoms with van der Waals surface area (Å²) in [5, 5.41) is 16.6. The molecule has 0 amide bonds. The van der Waals surface area contributed by atoms with Gasteiger partial charge in [-0.05, 0) is 108 Å². The number of hydrogen-bond acceptors (Lipinski definition) is 4. The molecule has 7 aromatic carbocycles. The molecule has 49 heavy (non-hydrogen) atoms. The molecule has 0 aliphatic rings. The molecule has 9 aromatic rings. The van der Waals surface area contributed by atoms with Crippen LogP contribution >= 0.6 is 22.7 Å². The van der Waals surface area contributed by atoms with Gasteiger partial charge in [-0.15, -0.1) is 22.7 Å². The van der Waals surface area contributed by atoms with Crippen molar-refractivity contribution in [2.75, 3.05) is 9.80 Å². The molecule has 0 saturated carbocycles. The molecule has 0 saturated heterocycles. The van der Waals surface area contributed by atoms with Gasteiger partial charge in [-0.3, -0.25) is 0 Å². The fraction of sp³-hybridized carbons (Fsp3) is 0.0667. The van der Waals surface area contributed by atoms with Crippen molar-refractivity contribution in [2.45, 2.75) is 20.8 Å². The smallest absolute Gasteiger partial charge is 0.1000 e. The first-order valence-electron chi connectivity index (χ1n) is 16.7. The molecule has 0 spiro atoms. The Hall–Kier alpha value is -5.42. The number of anilines is 6. The van der Waals surface area contributed by atoms with Crippen molar-refractivity contribution < 1.29 is 0 Å². The Morgan fingerprint density at radius 1 is 0.388 bits per heavy atom. The summed E-state index contributed by atoms with van der Waals surface area (Å²) in [6.07, 6.45) is 0. The van der Waals surface area contributed by atoms with E-state index in [9.17, 15) is 0 Å². The topological polar surface area (TPSA) is 6.48 Å². The van der Waals surface area contributed by atoms with Crippen LogP contribution in [0.2, 0.25) is 0 Å². The molecule has 0 bridgehead atoms. The standard InChI is InChI=1S/C45H34N2S2/c1-29-22-23-36-37(26-29)45(47(43-21-11-25-49-43)41-19-9-15-33-13-5-7-17-35(33)41)39-28-31(3)30(2)27-38(39)44(36)46(42-20-10-24-48-42)40-18-8-14-32-12-4-6-16-34(32)40/h4-28H,1-3H3. The van der Waals surface area contributed by atoms with Crippen LogP contribution in [0.25, 0.3) is 43.1 Å². The summed E-state index contributed by atoms with van der Waals surface area (Å²) in [6.45, 7) is 6.70. The van der Waals surface area contributed by atoms with Crippen LogP contribution in [0.5, 0.6) is 0 Å². The molecule has 0 unspecified atom stereocenters. The minimum absolute atomic E-state index is 1.18. The van der Waals surface area contributed by atoms with Gasteiger partial charge >= 0.3 is 0 Å². The van der Waals surface area contributed by atoms with E-state index in [0.717, 1.165) is 0 Å². The molecule has 0 N–H and O–H groups in total. The molecule has 2 aromatic heterocycles. The van der Waals surface area contributed by atoms with E-state index in [1.54, 1.807) is 22.7 Å². The number of aryl methyl sites for hydroxylation is 3. The lowest BCUT2D eigenvalue weighted by molar-refractivity contribution is 1.32. The Morgan fingerprint density at radius 3 is 1.37 bits per heavy atom. The van der Waals surface area contributed by atoms with E-state index < -0.39 is 0 Å². The van der Waals surface area contributed by atoms with Crippen LogP contribution in [0.1, 0.15) is 16.7 Å². The van der Waals surface area contributed by atoms with Crippen molar-refractivity contribution in [3.8, 4) is 0 Å². The second-order valence-corrected chi connectivity index (χ2v) is 14.7. The highest BCUT2D eigenvalue weighted by atomic mass is 32.1. The van der Waals surface area contributed by atoms with Gasteiger partial charge in [0.25, 0.3) is 0 Å². The molecular formula is C45H34N2S2. The van der Waals surface area contributed by atoms with Crippen LogP contribution in [-0.4, -0.2) is 0 Å². The average molecular weight is 667 g/mol. The summed E-state index contributed by atoms with van der Waals surface area (Å²) in [4.78, 5) is 5.03. The van der Waals surface area contributed by atoms with E-state index in [1.807, 2.05) is 0 Å². The molecule has 2 heterocycles. The Morgan fingerprint density at radius 2 is 0.857 bits per heavy atom. The lowest BCUT2D eigenvalue weighted by Crippen LogP contribution is -2.14. The van der Waals surface area contributed by atoms with Crippen molar-refractivity contribution >= 4 is 98.5 Å². The average Bonchev–Trinajstić information content (AvgIpc) is 3.86. The van der Waals surface area contributed by atoms with Gasteiger partial charge in [0.1, 0.15) is 0 Å². The zero-order valence-electron chi connectivity index (χ0n) is 27.6.